The molecule has 5 nitrogen and oxygen atoms in total. The van der Waals surface area contributed by atoms with Gasteiger partial charge in [-0.05, 0) is 6.42 Å². The van der Waals surface area contributed by atoms with E-state index in [2.05, 4.69) is 31.2 Å². The molecule has 0 aliphatic carbocycles. The van der Waals surface area contributed by atoms with E-state index in [1.165, 1.54) is 0 Å². The monoisotopic (exact) mass is 303 g/mol. The Balaban J connectivity index is 2.00. The summed E-state index contributed by atoms with van der Waals surface area (Å²) >= 11 is 6.09. The summed E-state index contributed by atoms with van der Waals surface area (Å²) in [5, 5.41) is 2.55. The number of anilines is 1. The van der Waals surface area contributed by atoms with Gasteiger partial charge in [0, 0.05) is 23.5 Å². The van der Waals surface area contributed by atoms with Crippen molar-refractivity contribution in [3.63, 3.8) is 0 Å². The van der Waals surface area contributed by atoms with Crippen molar-refractivity contribution >= 4 is 29.5 Å². The fraction of sp³-hybridized carbons (Fsp3) is 0.214. The molecular weight excluding hydrogens is 293 g/mol. The van der Waals surface area contributed by atoms with Crippen molar-refractivity contribution in [2.45, 2.75) is 11.8 Å². The summed E-state index contributed by atoms with van der Waals surface area (Å²) in [6.07, 6.45) is 10.3. The molecule has 1 unspecified atom stereocenters. The molecule has 2 N–H and O–H groups in total. The third-order valence-electron chi connectivity index (χ3n) is 3.07. The third-order valence-corrected chi connectivity index (χ3v) is 3.34. The molecule has 21 heavy (non-hydrogen) atoms. The van der Waals surface area contributed by atoms with Gasteiger partial charge in [-0.2, -0.15) is 0 Å². The summed E-state index contributed by atoms with van der Waals surface area (Å²) in [5.74, 6) is 3.03. The van der Waals surface area contributed by atoms with E-state index in [4.69, 9.17) is 18.0 Å². The number of halogens is 2. The lowest BCUT2D eigenvalue weighted by Crippen LogP contribution is -2.10. The Morgan fingerprint density at radius 3 is 3.24 bits per heavy atom. The van der Waals surface area contributed by atoms with Crippen molar-refractivity contribution in [2.75, 3.05) is 11.9 Å². The first kappa shape index (κ1) is 13.6. The van der Waals surface area contributed by atoms with Crippen molar-refractivity contribution in [3.8, 4) is 23.7 Å². The van der Waals surface area contributed by atoms with Gasteiger partial charge in [0.1, 0.15) is 5.82 Å². The molecule has 0 bridgehead atoms. The van der Waals surface area contributed by atoms with Gasteiger partial charge in [0.05, 0.1) is 18.1 Å². The second-order valence-corrected chi connectivity index (χ2v) is 5.04. The molecule has 1 atom stereocenters. The van der Waals surface area contributed by atoms with Crippen LogP contribution in [-0.4, -0.2) is 33.1 Å². The van der Waals surface area contributed by atoms with Gasteiger partial charge in [-0.1, -0.05) is 5.92 Å². The van der Waals surface area contributed by atoms with Crippen LogP contribution in [0.2, 0.25) is 0 Å². The number of alkyl halides is 1. The maximum absolute atomic E-state index is 13.6. The van der Waals surface area contributed by atoms with Crippen molar-refractivity contribution in [3.05, 3.63) is 23.8 Å². The highest BCUT2D eigenvalue weighted by Gasteiger charge is 2.21. The first-order valence-electron chi connectivity index (χ1n) is 6.27. The standard InChI is InChI=1S/C14H11ClFN5/c1-2-3-17-14-11(16)7-20-13(21-14)10-6-19-12-9(10)4-8(15)5-18-12/h1,5-8,19H,3-4H2,(H,17,20,21). The van der Waals surface area contributed by atoms with E-state index < -0.39 is 5.82 Å². The van der Waals surface area contributed by atoms with Gasteiger partial charge >= 0.3 is 0 Å². The predicted octanol–water partition coefficient (Wildman–Crippen LogP) is 2.52. The normalized spacial score (nSPS) is 16.3. The summed E-state index contributed by atoms with van der Waals surface area (Å²) in [6.45, 7) is 0.187. The number of H-pyrrole nitrogens is 1. The Bertz CT molecular complexity index is 746. The zero-order valence-electron chi connectivity index (χ0n) is 10.9. The van der Waals surface area contributed by atoms with Crippen LogP contribution in [0.3, 0.4) is 0 Å². The molecule has 0 spiro atoms. The lowest BCUT2D eigenvalue weighted by molar-refractivity contribution is 0.618. The maximum atomic E-state index is 13.6. The zero-order valence-corrected chi connectivity index (χ0v) is 11.7. The summed E-state index contributed by atoms with van der Waals surface area (Å²) < 4.78 is 13.6. The molecule has 3 rings (SSSR count). The number of hydrogen-bond acceptors (Lipinski definition) is 4. The highest BCUT2D eigenvalue weighted by Crippen LogP contribution is 2.33. The van der Waals surface area contributed by atoms with E-state index in [0.717, 1.165) is 23.1 Å². The second-order valence-electron chi connectivity index (χ2n) is 4.48. The fourth-order valence-electron chi connectivity index (χ4n) is 2.12. The Hall–Kier alpha value is -2.39. The van der Waals surface area contributed by atoms with E-state index in [9.17, 15) is 4.39 Å². The quantitative estimate of drug-likeness (QED) is 0.676. The van der Waals surface area contributed by atoms with Crippen LogP contribution in [0.5, 0.6) is 0 Å². The van der Waals surface area contributed by atoms with Crippen LogP contribution < -0.4 is 5.32 Å². The molecular formula is C14H11ClFN5. The number of fused-ring (bicyclic) bond motifs is 1. The molecule has 0 aromatic carbocycles. The summed E-state index contributed by atoms with van der Waals surface area (Å²) in [4.78, 5) is 15.5. The summed E-state index contributed by atoms with van der Waals surface area (Å²) in [6, 6.07) is 0. The molecule has 1 aliphatic heterocycles. The molecule has 7 heteroatoms. The molecule has 0 amide bonds. The number of nitrogens with zero attached hydrogens (tertiary/aromatic N) is 3. The molecule has 2 aromatic rings. The van der Waals surface area contributed by atoms with Crippen LogP contribution in [0.4, 0.5) is 16.0 Å². The van der Waals surface area contributed by atoms with Gasteiger partial charge in [-0.3, -0.25) is 0 Å². The van der Waals surface area contributed by atoms with Crippen molar-refractivity contribution in [2.24, 2.45) is 4.99 Å². The number of terminal acetylenes is 1. The average Bonchev–Trinajstić information content (AvgIpc) is 2.89. The van der Waals surface area contributed by atoms with Crippen molar-refractivity contribution in [1.82, 2.24) is 15.0 Å². The fourth-order valence-corrected chi connectivity index (χ4v) is 2.33. The molecule has 0 radical (unpaired) electrons. The maximum Gasteiger partial charge on any atom is 0.183 e. The molecule has 0 saturated carbocycles. The lowest BCUT2D eigenvalue weighted by atomic mass is 10.1. The number of rotatable bonds is 3. The molecule has 0 saturated heterocycles. The zero-order chi connectivity index (χ0) is 14.8. The van der Waals surface area contributed by atoms with Crippen LogP contribution in [0.15, 0.2) is 17.4 Å². The lowest BCUT2D eigenvalue weighted by Gasteiger charge is -2.11. The largest absolute Gasteiger partial charge is 0.357 e. The smallest absolute Gasteiger partial charge is 0.183 e. The van der Waals surface area contributed by atoms with E-state index in [1.54, 1.807) is 12.4 Å². The SMILES string of the molecule is C#CCNc1nc(-c2c[nH]c3c2CC(Cl)C=N3)ncc1F. The minimum Gasteiger partial charge on any atom is -0.357 e. The first-order valence-corrected chi connectivity index (χ1v) is 6.71. The van der Waals surface area contributed by atoms with Crippen LogP contribution in [0.1, 0.15) is 5.56 Å². The van der Waals surface area contributed by atoms with Gasteiger partial charge in [0.25, 0.3) is 0 Å². The summed E-state index contributed by atoms with van der Waals surface area (Å²) in [5.41, 5.74) is 1.68. The minimum absolute atomic E-state index is 0.0784. The number of nitrogens with one attached hydrogen (secondary N) is 2. The summed E-state index contributed by atoms with van der Waals surface area (Å²) in [7, 11) is 0. The van der Waals surface area contributed by atoms with Crippen LogP contribution in [-0.2, 0) is 6.42 Å². The minimum atomic E-state index is -0.549. The van der Waals surface area contributed by atoms with E-state index in [0.29, 0.717) is 12.2 Å². The number of hydrogen-bond donors (Lipinski definition) is 2. The number of aliphatic imine (C=N–C) groups is 1. The van der Waals surface area contributed by atoms with Crippen LogP contribution in [0, 0.1) is 18.2 Å². The van der Waals surface area contributed by atoms with Gasteiger partial charge in [-0.15, -0.1) is 18.0 Å². The Kier molecular flexibility index (Phi) is 3.59. The number of aromatic amines is 1. The van der Waals surface area contributed by atoms with Crippen molar-refractivity contribution < 1.29 is 4.39 Å². The second kappa shape index (κ2) is 5.54. The molecule has 1 aliphatic rings. The highest BCUT2D eigenvalue weighted by molar-refractivity contribution is 6.28. The molecule has 2 aromatic heterocycles. The topological polar surface area (TPSA) is 66.0 Å². The van der Waals surface area contributed by atoms with Gasteiger partial charge < -0.3 is 10.3 Å². The Labute approximate surface area is 125 Å². The van der Waals surface area contributed by atoms with E-state index in [1.807, 2.05) is 0 Å². The average molecular weight is 304 g/mol. The highest BCUT2D eigenvalue weighted by atomic mass is 35.5. The third kappa shape index (κ3) is 2.60. The van der Waals surface area contributed by atoms with Crippen LogP contribution >= 0.6 is 11.6 Å². The Morgan fingerprint density at radius 1 is 1.57 bits per heavy atom. The van der Waals surface area contributed by atoms with Crippen LogP contribution in [0.25, 0.3) is 11.4 Å². The van der Waals surface area contributed by atoms with Gasteiger partial charge in [-0.25, -0.2) is 19.4 Å². The van der Waals surface area contributed by atoms with E-state index >= 15 is 0 Å². The van der Waals surface area contributed by atoms with Crippen molar-refractivity contribution in [1.29, 1.82) is 0 Å². The predicted molar refractivity (Wildman–Crippen MR) is 80.6 cm³/mol. The van der Waals surface area contributed by atoms with E-state index in [-0.39, 0.29) is 17.7 Å². The Morgan fingerprint density at radius 2 is 2.43 bits per heavy atom. The molecule has 0 fully saturated rings. The number of aromatic nitrogens is 3. The van der Waals surface area contributed by atoms with Gasteiger partial charge in [0.15, 0.2) is 17.5 Å². The first-order chi connectivity index (χ1) is 10.2. The van der Waals surface area contributed by atoms with Gasteiger partial charge in [0.2, 0.25) is 0 Å². The molecule has 3 heterocycles. The molecule has 106 valence electrons.